The lowest BCUT2D eigenvalue weighted by Gasteiger charge is -2.26. The summed E-state index contributed by atoms with van der Waals surface area (Å²) < 4.78 is 0. The molecule has 41 heavy (non-hydrogen) atoms. The van der Waals surface area contributed by atoms with Gasteiger partial charge in [-0.15, -0.1) is 0 Å². The molecule has 7 rings (SSSR count). The first kappa shape index (κ1) is 26.4. The van der Waals surface area contributed by atoms with Crippen LogP contribution < -0.4 is 10.6 Å². The van der Waals surface area contributed by atoms with Crippen LogP contribution in [0.15, 0.2) is 101 Å². The van der Waals surface area contributed by atoms with Gasteiger partial charge in [-0.3, -0.25) is 0 Å². The number of fused-ring (bicyclic) bond motifs is 6. The van der Waals surface area contributed by atoms with Crippen molar-refractivity contribution in [1.82, 2.24) is 0 Å². The number of halogens is 1. The highest BCUT2D eigenvalue weighted by molar-refractivity contribution is 6.32. The average molecular weight is 559 g/mol. The fourth-order valence-corrected chi connectivity index (χ4v) is 7.77. The molecule has 3 heteroatoms. The lowest BCUT2D eigenvalue weighted by molar-refractivity contribution is 0.521. The molecule has 0 aromatic heterocycles. The zero-order chi connectivity index (χ0) is 28.4. The fraction of sp³-hybridized carbons (Fsp3) is 0.316. The van der Waals surface area contributed by atoms with Gasteiger partial charge in [0, 0.05) is 32.9 Å². The van der Waals surface area contributed by atoms with Gasteiger partial charge in [0.1, 0.15) is 0 Å². The maximum atomic E-state index is 7.09. The van der Waals surface area contributed by atoms with Gasteiger partial charge in [-0.25, -0.2) is 0 Å². The van der Waals surface area contributed by atoms with Crippen molar-refractivity contribution < 1.29 is 0 Å². The number of hydrogen-bond donors (Lipinski definition) is 2. The van der Waals surface area contributed by atoms with Gasteiger partial charge < -0.3 is 10.6 Å². The molecule has 0 saturated carbocycles. The van der Waals surface area contributed by atoms with Crippen molar-refractivity contribution >= 4 is 39.8 Å². The van der Waals surface area contributed by atoms with E-state index in [4.69, 9.17) is 11.6 Å². The van der Waals surface area contributed by atoms with E-state index in [9.17, 15) is 0 Å². The van der Waals surface area contributed by atoms with E-state index in [1.165, 1.54) is 61.2 Å². The number of rotatable bonds is 3. The molecular formula is C38H39ClN2. The minimum Gasteiger partial charge on any atom is -0.378 e. The third-order valence-corrected chi connectivity index (χ3v) is 10.3. The molecule has 3 aromatic rings. The number of nitrogens with one attached hydrogen (secondary N) is 2. The first-order valence-corrected chi connectivity index (χ1v) is 15.5. The van der Waals surface area contributed by atoms with Crippen molar-refractivity contribution in [3.05, 3.63) is 123 Å². The molecule has 4 aliphatic rings. The Morgan fingerprint density at radius 2 is 1.71 bits per heavy atom. The van der Waals surface area contributed by atoms with Crippen molar-refractivity contribution in [2.24, 2.45) is 0 Å². The molecule has 2 aliphatic heterocycles. The van der Waals surface area contributed by atoms with E-state index in [2.05, 4.69) is 123 Å². The highest BCUT2D eigenvalue weighted by Crippen LogP contribution is 2.48. The Labute approximate surface area is 249 Å². The molecule has 0 radical (unpaired) electrons. The van der Waals surface area contributed by atoms with E-state index < -0.39 is 0 Å². The summed E-state index contributed by atoms with van der Waals surface area (Å²) in [6.45, 7) is 9.37. The van der Waals surface area contributed by atoms with Crippen LogP contribution in [0, 0.1) is 0 Å². The van der Waals surface area contributed by atoms with Gasteiger partial charge >= 0.3 is 0 Å². The third-order valence-electron chi connectivity index (χ3n) is 9.83. The highest BCUT2D eigenvalue weighted by atomic mass is 35.5. The van der Waals surface area contributed by atoms with Gasteiger partial charge in [-0.1, -0.05) is 106 Å². The lowest BCUT2D eigenvalue weighted by atomic mass is 9.78. The van der Waals surface area contributed by atoms with Crippen molar-refractivity contribution in [2.45, 2.75) is 76.7 Å². The average Bonchev–Trinajstić information content (AvgIpc) is 3.39. The summed E-state index contributed by atoms with van der Waals surface area (Å²) in [6.07, 6.45) is 19.2. The van der Waals surface area contributed by atoms with Gasteiger partial charge in [-0.2, -0.15) is 0 Å². The van der Waals surface area contributed by atoms with E-state index in [-0.39, 0.29) is 16.9 Å². The standard InChI is InChI=1S/C38H39ClN2/c1-37(2)32(40-30-20-16-24-10-5-7-14-28(24)34(30)37)22-18-26-12-9-13-27(36(26)39)19-23-33-38(3,4)35-29-15-8-6-11-25(29)17-21-31(35)41-33/h5,7-8,10,14-23,32,40-41H,6,9,11-13H2,1-4H3/b22-18+,27-19+,33-23-. The predicted molar refractivity (Wildman–Crippen MR) is 177 cm³/mol. The Morgan fingerprint density at radius 1 is 0.878 bits per heavy atom. The number of benzene rings is 3. The summed E-state index contributed by atoms with van der Waals surface area (Å²) in [4.78, 5) is 0. The van der Waals surface area contributed by atoms with Gasteiger partial charge in [0.25, 0.3) is 0 Å². The fourth-order valence-electron chi connectivity index (χ4n) is 7.46. The summed E-state index contributed by atoms with van der Waals surface area (Å²) in [5.41, 5.74) is 11.8. The lowest BCUT2D eigenvalue weighted by Crippen LogP contribution is -2.31. The highest BCUT2D eigenvalue weighted by Gasteiger charge is 2.39. The van der Waals surface area contributed by atoms with E-state index >= 15 is 0 Å². The third kappa shape index (κ3) is 4.30. The van der Waals surface area contributed by atoms with E-state index in [1.807, 2.05) is 0 Å². The van der Waals surface area contributed by atoms with Crippen LogP contribution in [0.25, 0.3) is 16.8 Å². The number of hydrogen-bond acceptors (Lipinski definition) is 2. The molecule has 1 atom stereocenters. The van der Waals surface area contributed by atoms with Crippen LogP contribution >= 0.6 is 11.6 Å². The number of anilines is 2. The summed E-state index contributed by atoms with van der Waals surface area (Å²) in [5, 5.41) is 11.1. The van der Waals surface area contributed by atoms with E-state index in [0.717, 1.165) is 37.1 Å². The molecule has 3 aromatic carbocycles. The molecule has 208 valence electrons. The van der Waals surface area contributed by atoms with Gasteiger partial charge in [0.05, 0.1) is 6.04 Å². The maximum absolute atomic E-state index is 7.09. The van der Waals surface area contributed by atoms with Gasteiger partial charge in [-0.05, 0) is 94.5 Å². The Kier molecular flexibility index (Phi) is 6.32. The van der Waals surface area contributed by atoms with Crippen molar-refractivity contribution in [2.75, 3.05) is 10.6 Å². The van der Waals surface area contributed by atoms with Gasteiger partial charge in [0.2, 0.25) is 0 Å². The summed E-state index contributed by atoms with van der Waals surface area (Å²) >= 11 is 7.09. The van der Waals surface area contributed by atoms with Crippen LogP contribution in [0.4, 0.5) is 11.4 Å². The zero-order valence-electron chi connectivity index (χ0n) is 24.6. The Bertz CT molecular complexity index is 1730. The van der Waals surface area contributed by atoms with Crippen LogP contribution in [0.5, 0.6) is 0 Å². The second-order valence-corrected chi connectivity index (χ2v) is 13.5. The molecule has 2 aliphatic carbocycles. The van der Waals surface area contributed by atoms with Crippen LogP contribution in [0.2, 0.25) is 0 Å². The quantitative estimate of drug-likeness (QED) is 0.334. The van der Waals surface area contributed by atoms with E-state index in [0.29, 0.717) is 0 Å². The molecule has 1 unspecified atom stereocenters. The normalized spacial score (nSPS) is 24.1. The second kappa shape index (κ2) is 9.81. The van der Waals surface area contributed by atoms with Crippen molar-refractivity contribution in [3.8, 4) is 0 Å². The smallest absolute Gasteiger partial charge is 0.0540 e. The van der Waals surface area contributed by atoms with Crippen LogP contribution in [0.3, 0.4) is 0 Å². The Morgan fingerprint density at radius 3 is 2.59 bits per heavy atom. The van der Waals surface area contributed by atoms with Crippen LogP contribution in [-0.4, -0.2) is 6.04 Å². The first-order chi connectivity index (χ1) is 19.7. The molecule has 2 nitrogen and oxygen atoms in total. The summed E-state index contributed by atoms with van der Waals surface area (Å²) in [6, 6.07) is 17.9. The minimum atomic E-state index is -0.0775. The van der Waals surface area contributed by atoms with Crippen LogP contribution in [-0.2, 0) is 17.3 Å². The van der Waals surface area contributed by atoms with Crippen molar-refractivity contribution in [1.29, 1.82) is 0 Å². The summed E-state index contributed by atoms with van der Waals surface area (Å²) in [5.74, 6) is 0. The van der Waals surface area contributed by atoms with Crippen LogP contribution in [0.1, 0.15) is 75.6 Å². The maximum Gasteiger partial charge on any atom is 0.0540 e. The summed E-state index contributed by atoms with van der Waals surface area (Å²) in [7, 11) is 0. The largest absolute Gasteiger partial charge is 0.378 e. The molecule has 0 bridgehead atoms. The molecule has 0 fully saturated rings. The molecule has 2 heterocycles. The molecular weight excluding hydrogens is 520 g/mol. The number of aryl methyl sites for hydroxylation is 1. The van der Waals surface area contributed by atoms with Gasteiger partial charge in [0.15, 0.2) is 0 Å². The van der Waals surface area contributed by atoms with E-state index in [1.54, 1.807) is 0 Å². The van der Waals surface area contributed by atoms with Crippen molar-refractivity contribution in [3.63, 3.8) is 0 Å². The second-order valence-electron chi connectivity index (χ2n) is 13.1. The number of allylic oxidation sites excluding steroid dienone is 8. The Hall–Kier alpha value is -3.49. The Balaban J connectivity index is 1.16. The molecule has 2 N–H and O–H groups in total. The molecule has 0 spiro atoms. The monoisotopic (exact) mass is 558 g/mol. The molecule has 0 amide bonds. The topological polar surface area (TPSA) is 24.1 Å². The molecule has 0 saturated heterocycles. The first-order valence-electron chi connectivity index (χ1n) is 15.1. The zero-order valence-corrected chi connectivity index (χ0v) is 25.3. The predicted octanol–water partition coefficient (Wildman–Crippen LogP) is 10.3. The SMILES string of the molecule is CC1(C)/C(=C/C=C2\CCCC(/C=C/C3Nc4ccc5ccccc5c4C3(C)C)=C2Cl)Nc2ccc3c(c21)C=CCC3. The minimum absolute atomic E-state index is 0.0272.